The summed E-state index contributed by atoms with van der Waals surface area (Å²) in [6, 6.07) is 1.46. The van der Waals surface area contributed by atoms with Gasteiger partial charge >= 0.3 is 0 Å². The van der Waals surface area contributed by atoms with Crippen molar-refractivity contribution in [3.05, 3.63) is 16.9 Å². The Bertz CT molecular complexity index is 651. The molecule has 0 unspecified atom stereocenters. The van der Waals surface area contributed by atoms with Crippen LogP contribution in [0, 0.1) is 0 Å². The van der Waals surface area contributed by atoms with E-state index in [9.17, 15) is 5.11 Å². The van der Waals surface area contributed by atoms with E-state index in [0.29, 0.717) is 16.7 Å². The molecule has 0 saturated heterocycles. The second-order valence-corrected chi connectivity index (χ2v) is 5.70. The highest BCUT2D eigenvalue weighted by molar-refractivity contribution is 6.37. The van der Waals surface area contributed by atoms with Gasteiger partial charge in [0, 0.05) is 10.8 Å². The second kappa shape index (κ2) is 4.42. The van der Waals surface area contributed by atoms with E-state index in [-0.39, 0.29) is 27.8 Å². The number of hydrogen-bond acceptors (Lipinski definition) is 5. The van der Waals surface area contributed by atoms with E-state index in [1.165, 1.54) is 13.2 Å². The summed E-state index contributed by atoms with van der Waals surface area (Å²) in [5.41, 5.74) is 6.15. The number of phenols is 1. The highest BCUT2D eigenvalue weighted by Crippen LogP contribution is 2.41. The van der Waals surface area contributed by atoms with Crippen LogP contribution in [0.5, 0.6) is 11.5 Å². The third-order valence-corrected chi connectivity index (χ3v) is 3.12. The van der Waals surface area contributed by atoms with Crippen molar-refractivity contribution in [3.63, 3.8) is 0 Å². The van der Waals surface area contributed by atoms with Crippen molar-refractivity contribution in [2.45, 2.75) is 26.2 Å². The molecule has 3 N–H and O–H groups in total. The van der Waals surface area contributed by atoms with Gasteiger partial charge in [-0.25, -0.2) is 9.97 Å². The number of aromatic hydroxyl groups is 1. The highest BCUT2D eigenvalue weighted by atomic mass is 35.5. The first-order valence-electron chi connectivity index (χ1n) is 5.79. The smallest absolute Gasteiger partial charge is 0.181 e. The molecule has 102 valence electrons. The number of ether oxygens (including phenoxy) is 1. The number of aromatic nitrogens is 2. The zero-order chi connectivity index (χ0) is 14.4. The Morgan fingerprint density at radius 3 is 2.47 bits per heavy atom. The molecule has 2 aromatic rings. The van der Waals surface area contributed by atoms with E-state index in [4.69, 9.17) is 22.1 Å². The molecular formula is C13H16ClN3O2. The van der Waals surface area contributed by atoms with Gasteiger partial charge in [0.1, 0.15) is 16.7 Å². The predicted octanol–water partition coefficient (Wildman–Crippen LogP) is 2.88. The zero-order valence-electron chi connectivity index (χ0n) is 11.3. The van der Waals surface area contributed by atoms with Gasteiger partial charge in [-0.1, -0.05) is 32.4 Å². The third-order valence-electron chi connectivity index (χ3n) is 2.77. The molecule has 0 bridgehead atoms. The van der Waals surface area contributed by atoms with E-state index < -0.39 is 0 Å². The molecule has 6 heteroatoms. The first-order chi connectivity index (χ1) is 8.75. The molecular weight excluding hydrogens is 266 g/mol. The quantitative estimate of drug-likeness (QED) is 0.840. The van der Waals surface area contributed by atoms with E-state index in [2.05, 4.69) is 9.97 Å². The lowest BCUT2D eigenvalue weighted by Crippen LogP contribution is -2.17. The molecule has 0 amide bonds. The van der Waals surface area contributed by atoms with Gasteiger partial charge in [0.25, 0.3) is 0 Å². The lowest BCUT2D eigenvalue weighted by atomic mass is 9.95. The largest absolute Gasteiger partial charge is 0.504 e. The normalized spacial score (nSPS) is 11.8. The first-order valence-corrected chi connectivity index (χ1v) is 6.16. The molecule has 0 aliphatic carbocycles. The lowest BCUT2D eigenvalue weighted by Gasteiger charge is -2.18. The summed E-state index contributed by atoms with van der Waals surface area (Å²) >= 11 is 6.21. The molecule has 19 heavy (non-hydrogen) atoms. The van der Waals surface area contributed by atoms with Gasteiger partial charge in [-0.3, -0.25) is 0 Å². The summed E-state index contributed by atoms with van der Waals surface area (Å²) in [5, 5.41) is 10.6. The topological polar surface area (TPSA) is 81.3 Å². The summed E-state index contributed by atoms with van der Waals surface area (Å²) < 4.78 is 5.07. The molecule has 1 aromatic carbocycles. The Hall–Kier alpha value is -1.75. The molecule has 1 heterocycles. The molecule has 0 aliphatic rings. The standard InChI is InChI=1S/C13H16ClN3O2/c1-13(2,3)12-16-9-6(11(15)17-12)5-7(18)10(19-4)8(9)14/h5,18H,1-4H3,(H2,15,16,17). The minimum absolute atomic E-state index is 0.0844. The van der Waals surface area contributed by atoms with Crippen LogP contribution in [0.1, 0.15) is 26.6 Å². The summed E-state index contributed by atoms with van der Waals surface area (Å²) in [5.74, 6) is 0.979. The molecule has 0 spiro atoms. The van der Waals surface area contributed by atoms with Crippen molar-refractivity contribution < 1.29 is 9.84 Å². The number of halogens is 1. The van der Waals surface area contributed by atoms with Crippen LogP contribution < -0.4 is 10.5 Å². The summed E-state index contributed by atoms with van der Waals surface area (Å²) in [4.78, 5) is 8.71. The number of fused-ring (bicyclic) bond motifs is 1. The number of nitrogens with two attached hydrogens (primary N) is 1. The van der Waals surface area contributed by atoms with Crippen LogP contribution in [0.2, 0.25) is 5.02 Å². The molecule has 1 aromatic heterocycles. The lowest BCUT2D eigenvalue weighted by molar-refractivity contribution is 0.374. The maximum absolute atomic E-state index is 9.82. The van der Waals surface area contributed by atoms with Gasteiger partial charge in [-0.05, 0) is 6.07 Å². The fourth-order valence-electron chi connectivity index (χ4n) is 1.75. The number of benzene rings is 1. The predicted molar refractivity (Wildman–Crippen MR) is 75.9 cm³/mol. The monoisotopic (exact) mass is 281 g/mol. The summed E-state index contributed by atoms with van der Waals surface area (Å²) in [6.07, 6.45) is 0. The number of phenolic OH excluding ortho intramolecular Hbond substituents is 1. The second-order valence-electron chi connectivity index (χ2n) is 5.32. The van der Waals surface area contributed by atoms with Crippen molar-refractivity contribution >= 4 is 28.3 Å². The van der Waals surface area contributed by atoms with Crippen LogP contribution in [0.3, 0.4) is 0 Å². The minimum Gasteiger partial charge on any atom is -0.504 e. The fourth-order valence-corrected chi connectivity index (χ4v) is 2.07. The fraction of sp³-hybridized carbons (Fsp3) is 0.385. The van der Waals surface area contributed by atoms with Gasteiger partial charge in [0.2, 0.25) is 0 Å². The Morgan fingerprint density at radius 2 is 1.95 bits per heavy atom. The minimum atomic E-state index is -0.253. The number of nitrogens with zero attached hydrogens (tertiary/aromatic N) is 2. The van der Waals surface area contributed by atoms with Crippen molar-refractivity contribution in [2.24, 2.45) is 0 Å². The van der Waals surface area contributed by atoms with Crippen LogP contribution in [-0.4, -0.2) is 22.2 Å². The van der Waals surface area contributed by atoms with E-state index in [1.54, 1.807) is 0 Å². The maximum Gasteiger partial charge on any atom is 0.181 e. The third kappa shape index (κ3) is 2.26. The molecule has 0 radical (unpaired) electrons. The Labute approximate surface area is 116 Å². The molecule has 0 aliphatic heterocycles. The van der Waals surface area contributed by atoms with Crippen LogP contribution in [0.25, 0.3) is 10.9 Å². The summed E-state index contributed by atoms with van der Waals surface area (Å²) in [6.45, 7) is 5.96. The molecule has 5 nitrogen and oxygen atoms in total. The number of nitrogen functional groups attached to an aromatic ring is 1. The van der Waals surface area contributed by atoms with E-state index in [1.807, 2.05) is 20.8 Å². The van der Waals surface area contributed by atoms with Crippen molar-refractivity contribution in [2.75, 3.05) is 12.8 Å². The van der Waals surface area contributed by atoms with Crippen LogP contribution in [-0.2, 0) is 5.41 Å². The number of hydrogen-bond donors (Lipinski definition) is 2. The Kier molecular flexibility index (Phi) is 3.18. The zero-order valence-corrected chi connectivity index (χ0v) is 12.0. The van der Waals surface area contributed by atoms with Crippen molar-refractivity contribution in [1.82, 2.24) is 9.97 Å². The highest BCUT2D eigenvalue weighted by Gasteiger charge is 2.22. The number of rotatable bonds is 1. The molecule has 0 fully saturated rings. The Morgan fingerprint density at radius 1 is 1.32 bits per heavy atom. The van der Waals surface area contributed by atoms with Gasteiger partial charge in [-0.2, -0.15) is 0 Å². The van der Waals surface area contributed by atoms with Gasteiger partial charge in [-0.15, -0.1) is 0 Å². The average Bonchev–Trinajstić information content (AvgIpc) is 2.29. The van der Waals surface area contributed by atoms with Crippen LogP contribution in [0.4, 0.5) is 5.82 Å². The van der Waals surface area contributed by atoms with Gasteiger partial charge in [0.15, 0.2) is 11.5 Å². The molecule has 0 atom stereocenters. The molecule has 0 saturated carbocycles. The Balaban J connectivity index is 2.87. The van der Waals surface area contributed by atoms with Crippen molar-refractivity contribution in [1.29, 1.82) is 0 Å². The number of methoxy groups -OCH3 is 1. The maximum atomic E-state index is 9.82. The SMILES string of the molecule is COc1c(O)cc2c(N)nc(C(C)(C)C)nc2c1Cl. The summed E-state index contributed by atoms with van der Waals surface area (Å²) in [7, 11) is 1.43. The van der Waals surface area contributed by atoms with Gasteiger partial charge in [0.05, 0.1) is 12.6 Å². The molecule has 2 rings (SSSR count). The van der Waals surface area contributed by atoms with Crippen molar-refractivity contribution in [3.8, 4) is 11.5 Å². The van der Waals surface area contributed by atoms with E-state index >= 15 is 0 Å². The van der Waals surface area contributed by atoms with Crippen LogP contribution in [0.15, 0.2) is 6.07 Å². The van der Waals surface area contributed by atoms with Gasteiger partial charge < -0.3 is 15.6 Å². The average molecular weight is 282 g/mol. The van der Waals surface area contributed by atoms with Crippen LogP contribution >= 0.6 is 11.6 Å². The first kappa shape index (κ1) is 13.7. The number of anilines is 1. The van der Waals surface area contributed by atoms with E-state index in [0.717, 1.165) is 0 Å².